The van der Waals surface area contributed by atoms with Crippen LogP contribution in [0.25, 0.3) is 15.5 Å². The Kier molecular flexibility index (Phi) is 6.18. The fourth-order valence-corrected chi connectivity index (χ4v) is 4.46. The van der Waals surface area contributed by atoms with Gasteiger partial charge in [-0.2, -0.15) is 0 Å². The number of aromatic amines is 1. The summed E-state index contributed by atoms with van der Waals surface area (Å²) in [6.07, 6.45) is 4.26. The zero-order valence-corrected chi connectivity index (χ0v) is 17.6. The lowest BCUT2D eigenvalue weighted by Crippen LogP contribution is -2.23. The number of benzene rings is 1. The maximum Gasteiger partial charge on any atom is 0.332 e. The molecule has 3 aromatic heterocycles. The second kappa shape index (κ2) is 9.17. The van der Waals surface area contributed by atoms with E-state index in [0.717, 1.165) is 32.5 Å². The van der Waals surface area contributed by atoms with Gasteiger partial charge >= 0.3 is 5.13 Å². The molecule has 0 saturated carbocycles. The molecule has 0 aliphatic carbocycles. The number of nitrogens with zero attached hydrogens (tertiary/aromatic N) is 3. The van der Waals surface area contributed by atoms with Gasteiger partial charge in [-0.25, -0.2) is 4.98 Å². The van der Waals surface area contributed by atoms with Crippen molar-refractivity contribution in [2.24, 2.45) is 0 Å². The van der Waals surface area contributed by atoms with Crippen molar-refractivity contribution in [3.63, 3.8) is 0 Å². The lowest BCUT2D eigenvalue weighted by Gasteiger charge is -2.14. The average Bonchev–Trinajstić information content (AvgIpc) is 3.36. The van der Waals surface area contributed by atoms with E-state index in [1.54, 1.807) is 53.3 Å². The molecule has 0 aliphatic rings. The van der Waals surface area contributed by atoms with Crippen molar-refractivity contribution >= 4 is 67.0 Å². The smallest absolute Gasteiger partial charge is 0.332 e. The highest BCUT2D eigenvalue weighted by Gasteiger charge is 2.11. The van der Waals surface area contributed by atoms with Crippen molar-refractivity contribution in [1.82, 2.24) is 9.97 Å². The maximum atomic E-state index is 12.1. The predicted molar refractivity (Wildman–Crippen MR) is 118 cm³/mol. The number of aromatic nitrogens is 3. The third-order valence-electron chi connectivity index (χ3n) is 3.96. The summed E-state index contributed by atoms with van der Waals surface area (Å²) in [6, 6.07) is 9.03. The summed E-state index contributed by atoms with van der Waals surface area (Å²) in [5, 5.41) is 13.9. The molecule has 10 heteroatoms. The fraction of sp³-hybridized carbons (Fsp3) is 0.158. The molecule has 0 fully saturated rings. The first-order chi connectivity index (χ1) is 14.2. The van der Waals surface area contributed by atoms with Crippen LogP contribution < -0.4 is 15.6 Å². The number of hydrogen-bond donors (Lipinski definition) is 2. The lowest BCUT2D eigenvalue weighted by molar-refractivity contribution is -0.355. The summed E-state index contributed by atoms with van der Waals surface area (Å²) in [6.45, 7) is 0.789. The molecule has 0 atom stereocenters. The minimum absolute atomic E-state index is 0.144. The molecule has 0 saturated heterocycles. The SMILES string of the molecule is O=C(CNc1[nH+]cc(CC[N-]c2ncnc3ccsc23)s1)Nc1cccc(Cl)c1. The van der Waals surface area contributed by atoms with Gasteiger partial charge in [-0.3, -0.25) is 15.1 Å². The van der Waals surface area contributed by atoms with E-state index >= 15 is 0 Å². The Morgan fingerprint density at radius 3 is 3.10 bits per heavy atom. The highest BCUT2D eigenvalue weighted by molar-refractivity contribution is 7.17. The van der Waals surface area contributed by atoms with Gasteiger partial charge in [0.1, 0.15) is 6.20 Å². The first-order valence-electron chi connectivity index (χ1n) is 8.83. The topological polar surface area (TPSA) is 95.2 Å². The number of halogens is 1. The summed E-state index contributed by atoms with van der Waals surface area (Å²) >= 11 is 9.09. The predicted octanol–water partition coefficient (Wildman–Crippen LogP) is 4.52. The molecule has 1 amide bonds. The van der Waals surface area contributed by atoms with Crippen molar-refractivity contribution in [3.05, 3.63) is 63.5 Å². The lowest BCUT2D eigenvalue weighted by atomic mass is 10.3. The standard InChI is InChI=1S/C19H17ClN6OS2/c20-12-2-1-3-13(8-12)26-16(27)10-23-19-22-9-14(29-19)4-6-21-18-17-15(5-7-28-17)24-11-25-18/h1-3,5,7-9,11H,4,6,10H2,(H3,21,22,23,24,25,26,27). The Hall–Kier alpha value is -2.75. The summed E-state index contributed by atoms with van der Waals surface area (Å²) < 4.78 is 1.01. The van der Waals surface area contributed by atoms with Crippen molar-refractivity contribution in [2.75, 3.05) is 23.7 Å². The van der Waals surface area contributed by atoms with E-state index in [9.17, 15) is 4.79 Å². The van der Waals surface area contributed by atoms with Crippen LogP contribution in [0.3, 0.4) is 0 Å². The van der Waals surface area contributed by atoms with Crippen LogP contribution in [0.2, 0.25) is 5.02 Å². The third kappa shape index (κ3) is 5.20. The molecule has 29 heavy (non-hydrogen) atoms. The van der Waals surface area contributed by atoms with Crippen LogP contribution in [0.5, 0.6) is 0 Å². The van der Waals surface area contributed by atoms with Crippen LogP contribution in [0.4, 0.5) is 16.6 Å². The van der Waals surface area contributed by atoms with Gasteiger partial charge in [0.2, 0.25) is 0 Å². The van der Waals surface area contributed by atoms with E-state index < -0.39 is 0 Å². The number of anilines is 2. The molecular formula is C19H17ClN6OS2. The number of hydrogen-bond acceptors (Lipinski definition) is 6. The van der Waals surface area contributed by atoms with Crippen LogP contribution in [0.1, 0.15) is 4.88 Å². The number of nitrogens with one attached hydrogen (secondary N) is 3. The van der Waals surface area contributed by atoms with Gasteiger partial charge in [-0.15, -0.1) is 11.3 Å². The zero-order chi connectivity index (χ0) is 20.1. The van der Waals surface area contributed by atoms with Crippen LogP contribution >= 0.6 is 34.3 Å². The Labute approximate surface area is 180 Å². The number of thiophene rings is 1. The van der Waals surface area contributed by atoms with Gasteiger partial charge in [0.05, 0.1) is 15.1 Å². The average molecular weight is 445 g/mol. The van der Waals surface area contributed by atoms with Gasteiger partial charge in [0.25, 0.3) is 5.91 Å². The molecule has 4 rings (SSSR count). The van der Waals surface area contributed by atoms with Crippen LogP contribution in [0, 0.1) is 0 Å². The van der Waals surface area contributed by atoms with Crippen LogP contribution in [-0.4, -0.2) is 29.0 Å². The number of thiazole rings is 1. The number of carbonyl (C=O) groups is 1. The molecule has 148 valence electrons. The van der Waals surface area contributed by atoms with Gasteiger partial charge in [-0.1, -0.05) is 29.0 Å². The van der Waals surface area contributed by atoms with Crippen molar-refractivity contribution in [1.29, 1.82) is 0 Å². The molecule has 1 aromatic carbocycles. The Bertz CT molecular complexity index is 1130. The molecule has 3 heterocycles. The molecular weight excluding hydrogens is 428 g/mol. The van der Waals surface area contributed by atoms with E-state index in [-0.39, 0.29) is 12.5 Å². The summed E-state index contributed by atoms with van der Waals surface area (Å²) in [5.41, 5.74) is 1.60. The van der Waals surface area contributed by atoms with E-state index in [2.05, 4.69) is 30.9 Å². The highest BCUT2D eigenvalue weighted by Crippen LogP contribution is 2.30. The first-order valence-corrected chi connectivity index (χ1v) is 10.9. The number of amides is 1. The zero-order valence-electron chi connectivity index (χ0n) is 15.2. The largest absolute Gasteiger partial charge is 0.464 e. The molecule has 0 bridgehead atoms. The monoisotopic (exact) mass is 444 g/mol. The van der Waals surface area contributed by atoms with Gasteiger partial charge in [0.15, 0.2) is 6.54 Å². The quantitative estimate of drug-likeness (QED) is 0.417. The molecule has 0 unspecified atom stereocenters. The first kappa shape index (κ1) is 19.6. The molecule has 0 radical (unpaired) electrons. The minimum atomic E-state index is -0.144. The summed E-state index contributed by atoms with van der Waals surface area (Å²) in [7, 11) is 0. The van der Waals surface area contributed by atoms with Crippen molar-refractivity contribution in [3.8, 4) is 0 Å². The molecule has 0 spiro atoms. The van der Waals surface area contributed by atoms with Gasteiger partial charge in [0, 0.05) is 17.0 Å². The fourth-order valence-electron chi connectivity index (χ4n) is 2.64. The normalized spacial score (nSPS) is 10.8. The Balaban J connectivity index is 1.24. The maximum absolute atomic E-state index is 12.1. The van der Waals surface area contributed by atoms with Gasteiger partial charge in [-0.05, 0) is 48.4 Å². The second-order valence-electron chi connectivity index (χ2n) is 6.06. The minimum Gasteiger partial charge on any atom is -0.464 e. The third-order valence-corrected chi connectivity index (χ3v) is 6.14. The number of carbonyl (C=O) groups excluding carboxylic acids is 1. The van der Waals surface area contributed by atoms with E-state index in [1.807, 2.05) is 17.6 Å². The highest BCUT2D eigenvalue weighted by atomic mass is 35.5. The molecule has 3 N–H and O–H groups in total. The van der Waals surface area contributed by atoms with Crippen LogP contribution in [0.15, 0.2) is 48.2 Å². The molecule has 4 aromatic rings. The molecule has 0 aliphatic heterocycles. The number of fused-ring (bicyclic) bond motifs is 1. The van der Waals surface area contributed by atoms with Gasteiger partial charge < -0.3 is 15.6 Å². The Morgan fingerprint density at radius 2 is 2.21 bits per heavy atom. The summed E-state index contributed by atoms with van der Waals surface area (Å²) in [5.74, 6) is 0.593. The number of rotatable bonds is 8. The van der Waals surface area contributed by atoms with E-state index in [1.165, 1.54) is 0 Å². The molecule has 7 nitrogen and oxygen atoms in total. The van der Waals surface area contributed by atoms with Crippen molar-refractivity contribution in [2.45, 2.75) is 6.42 Å². The van der Waals surface area contributed by atoms with E-state index in [0.29, 0.717) is 17.3 Å². The van der Waals surface area contributed by atoms with Crippen LogP contribution in [-0.2, 0) is 11.2 Å². The van der Waals surface area contributed by atoms with E-state index in [4.69, 9.17) is 11.6 Å². The Morgan fingerprint density at radius 1 is 1.28 bits per heavy atom. The summed E-state index contributed by atoms with van der Waals surface area (Å²) in [4.78, 5) is 24.8. The number of H-pyrrole nitrogens is 1. The van der Waals surface area contributed by atoms with Crippen molar-refractivity contribution < 1.29 is 9.78 Å². The second-order valence-corrected chi connectivity index (χ2v) is 8.55.